The van der Waals surface area contributed by atoms with E-state index in [1.807, 2.05) is 6.07 Å². The average Bonchev–Trinajstić information content (AvgIpc) is 2.76. The number of nitrogen functional groups attached to an aromatic ring is 1. The molecule has 3 aromatic rings. The Morgan fingerprint density at radius 3 is 2.05 bits per heavy atom. The van der Waals surface area contributed by atoms with Gasteiger partial charge in [0.15, 0.2) is 0 Å². The van der Waals surface area contributed by atoms with Crippen molar-refractivity contribution in [1.29, 1.82) is 0 Å². The quantitative estimate of drug-likeness (QED) is 0.608. The first-order chi connectivity index (χ1) is 10.6. The zero-order valence-corrected chi connectivity index (χ0v) is 12.9. The van der Waals surface area contributed by atoms with E-state index in [1.165, 1.54) is 33.4 Å². The third kappa shape index (κ3) is 1.79. The summed E-state index contributed by atoms with van der Waals surface area (Å²) < 4.78 is 0. The van der Waals surface area contributed by atoms with Crippen LogP contribution in [0.1, 0.15) is 25.0 Å². The van der Waals surface area contributed by atoms with E-state index in [4.69, 9.17) is 5.73 Å². The van der Waals surface area contributed by atoms with Gasteiger partial charge in [-0.2, -0.15) is 0 Å². The summed E-state index contributed by atoms with van der Waals surface area (Å²) >= 11 is 0. The Morgan fingerprint density at radius 2 is 1.32 bits per heavy atom. The number of hydrogen-bond acceptors (Lipinski definition) is 1. The van der Waals surface area contributed by atoms with E-state index in [0.29, 0.717) is 0 Å². The van der Waals surface area contributed by atoms with Gasteiger partial charge in [-0.1, -0.05) is 62.4 Å². The second-order valence-corrected chi connectivity index (χ2v) is 6.56. The lowest BCUT2D eigenvalue weighted by Crippen LogP contribution is -2.15. The molecular formula is C21H19N. The second-order valence-electron chi connectivity index (χ2n) is 6.56. The highest BCUT2D eigenvalue weighted by molar-refractivity contribution is 5.84. The summed E-state index contributed by atoms with van der Waals surface area (Å²) in [5.41, 5.74) is 14.7. The van der Waals surface area contributed by atoms with Gasteiger partial charge in [-0.15, -0.1) is 0 Å². The van der Waals surface area contributed by atoms with Gasteiger partial charge in [0, 0.05) is 11.1 Å². The van der Waals surface area contributed by atoms with Crippen LogP contribution in [0.4, 0.5) is 5.69 Å². The molecule has 0 fully saturated rings. The molecule has 2 N–H and O–H groups in total. The van der Waals surface area contributed by atoms with Crippen LogP contribution in [0.3, 0.4) is 0 Å². The van der Waals surface area contributed by atoms with Crippen molar-refractivity contribution in [3.63, 3.8) is 0 Å². The first-order valence-corrected chi connectivity index (χ1v) is 7.68. The fourth-order valence-electron chi connectivity index (χ4n) is 3.57. The van der Waals surface area contributed by atoms with Gasteiger partial charge in [-0.3, -0.25) is 0 Å². The second kappa shape index (κ2) is 4.48. The first kappa shape index (κ1) is 13.1. The van der Waals surface area contributed by atoms with Crippen molar-refractivity contribution in [3.05, 3.63) is 77.9 Å². The maximum atomic E-state index is 6.01. The molecule has 0 aliphatic heterocycles. The number of nitrogens with two attached hydrogens (primary N) is 1. The minimum atomic E-state index is -0.00909. The Hall–Kier alpha value is -2.54. The Labute approximate surface area is 131 Å². The first-order valence-electron chi connectivity index (χ1n) is 7.68. The Morgan fingerprint density at radius 1 is 0.682 bits per heavy atom. The van der Waals surface area contributed by atoms with Crippen LogP contribution in [0.5, 0.6) is 0 Å². The van der Waals surface area contributed by atoms with Crippen LogP contribution in [0, 0.1) is 0 Å². The molecule has 0 atom stereocenters. The van der Waals surface area contributed by atoms with E-state index in [9.17, 15) is 0 Å². The van der Waals surface area contributed by atoms with Crippen molar-refractivity contribution in [1.82, 2.24) is 0 Å². The molecule has 0 saturated heterocycles. The van der Waals surface area contributed by atoms with Gasteiger partial charge in [-0.05, 0) is 51.6 Å². The van der Waals surface area contributed by atoms with E-state index in [2.05, 4.69) is 74.5 Å². The van der Waals surface area contributed by atoms with Gasteiger partial charge in [0.25, 0.3) is 0 Å². The van der Waals surface area contributed by atoms with Gasteiger partial charge in [0.05, 0.1) is 0 Å². The van der Waals surface area contributed by atoms with Crippen molar-refractivity contribution in [2.45, 2.75) is 19.3 Å². The molecule has 0 saturated carbocycles. The van der Waals surface area contributed by atoms with Crippen LogP contribution >= 0.6 is 0 Å². The van der Waals surface area contributed by atoms with Crippen molar-refractivity contribution < 1.29 is 0 Å². The number of fused-ring (bicyclic) bond motifs is 3. The molecule has 0 radical (unpaired) electrons. The molecule has 0 unspecified atom stereocenters. The van der Waals surface area contributed by atoms with Crippen LogP contribution in [0.15, 0.2) is 66.7 Å². The molecule has 0 amide bonds. The van der Waals surface area contributed by atoms with E-state index in [0.717, 1.165) is 5.69 Å². The summed E-state index contributed by atoms with van der Waals surface area (Å²) in [5, 5.41) is 0. The van der Waals surface area contributed by atoms with Crippen molar-refractivity contribution in [3.8, 4) is 22.3 Å². The normalized spacial score (nSPS) is 14.5. The highest BCUT2D eigenvalue weighted by Crippen LogP contribution is 2.50. The van der Waals surface area contributed by atoms with Crippen molar-refractivity contribution >= 4 is 5.69 Å². The molecule has 0 spiro atoms. The van der Waals surface area contributed by atoms with Gasteiger partial charge < -0.3 is 5.73 Å². The van der Waals surface area contributed by atoms with Crippen LogP contribution in [0.2, 0.25) is 0 Å². The van der Waals surface area contributed by atoms with E-state index in [-0.39, 0.29) is 5.41 Å². The third-order valence-electron chi connectivity index (χ3n) is 4.81. The summed E-state index contributed by atoms with van der Waals surface area (Å²) in [6.07, 6.45) is 0. The molecule has 1 aliphatic rings. The predicted octanol–water partition coefficient (Wildman–Crippen LogP) is 5.24. The molecule has 3 aromatic carbocycles. The summed E-state index contributed by atoms with van der Waals surface area (Å²) in [5.74, 6) is 0. The number of rotatable bonds is 1. The standard InChI is InChI=1S/C21H19N/c1-21(2)19-12-15(14-6-4-3-5-7-14)8-10-17(19)18-11-9-16(22)13-20(18)21/h3-13H,22H2,1-2H3. The molecule has 0 heterocycles. The van der Waals surface area contributed by atoms with Gasteiger partial charge >= 0.3 is 0 Å². The van der Waals surface area contributed by atoms with E-state index < -0.39 is 0 Å². The zero-order valence-electron chi connectivity index (χ0n) is 12.9. The maximum Gasteiger partial charge on any atom is 0.0317 e. The molecular weight excluding hydrogens is 266 g/mol. The fraction of sp³-hybridized carbons (Fsp3) is 0.143. The van der Waals surface area contributed by atoms with Crippen LogP contribution in [-0.4, -0.2) is 0 Å². The van der Waals surface area contributed by atoms with E-state index >= 15 is 0 Å². The molecule has 1 heteroatoms. The van der Waals surface area contributed by atoms with Gasteiger partial charge in [0.2, 0.25) is 0 Å². The highest BCUT2D eigenvalue weighted by atomic mass is 14.5. The lowest BCUT2D eigenvalue weighted by Gasteiger charge is -2.22. The Balaban J connectivity index is 1.93. The van der Waals surface area contributed by atoms with Crippen LogP contribution in [-0.2, 0) is 5.41 Å². The fourth-order valence-corrected chi connectivity index (χ4v) is 3.57. The molecule has 0 aromatic heterocycles. The minimum Gasteiger partial charge on any atom is -0.399 e. The average molecular weight is 285 g/mol. The third-order valence-corrected chi connectivity index (χ3v) is 4.81. The molecule has 4 rings (SSSR count). The largest absolute Gasteiger partial charge is 0.399 e. The Kier molecular flexibility index (Phi) is 2.67. The molecule has 108 valence electrons. The lowest BCUT2D eigenvalue weighted by molar-refractivity contribution is 0.661. The van der Waals surface area contributed by atoms with Crippen LogP contribution in [0.25, 0.3) is 22.3 Å². The molecule has 1 aliphatic carbocycles. The number of anilines is 1. The van der Waals surface area contributed by atoms with Crippen molar-refractivity contribution in [2.24, 2.45) is 0 Å². The molecule has 22 heavy (non-hydrogen) atoms. The number of benzene rings is 3. The summed E-state index contributed by atoms with van der Waals surface area (Å²) in [6, 6.07) is 23.6. The Bertz CT molecular complexity index is 860. The summed E-state index contributed by atoms with van der Waals surface area (Å²) in [7, 11) is 0. The minimum absolute atomic E-state index is 0.00909. The lowest BCUT2D eigenvalue weighted by atomic mass is 9.81. The number of hydrogen-bond donors (Lipinski definition) is 1. The summed E-state index contributed by atoms with van der Waals surface area (Å²) in [6.45, 7) is 4.57. The highest BCUT2D eigenvalue weighted by Gasteiger charge is 2.35. The van der Waals surface area contributed by atoms with Gasteiger partial charge in [0.1, 0.15) is 0 Å². The maximum absolute atomic E-state index is 6.01. The van der Waals surface area contributed by atoms with E-state index in [1.54, 1.807) is 0 Å². The SMILES string of the molecule is CC1(C)c2cc(N)ccc2-c2ccc(-c3ccccc3)cc21. The van der Waals surface area contributed by atoms with Crippen molar-refractivity contribution in [2.75, 3.05) is 5.73 Å². The predicted molar refractivity (Wildman–Crippen MR) is 93.9 cm³/mol. The zero-order chi connectivity index (χ0) is 15.3. The topological polar surface area (TPSA) is 26.0 Å². The monoisotopic (exact) mass is 285 g/mol. The summed E-state index contributed by atoms with van der Waals surface area (Å²) in [4.78, 5) is 0. The molecule has 1 nitrogen and oxygen atoms in total. The van der Waals surface area contributed by atoms with Crippen LogP contribution < -0.4 is 5.73 Å². The van der Waals surface area contributed by atoms with Gasteiger partial charge in [-0.25, -0.2) is 0 Å². The smallest absolute Gasteiger partial charge is 0.0317 e. The molecule has 0 bridgehead atoms.